The molecule has 5 rings (SSSR count). The molecule has 0 atom stereocenters. The zero-order chi connectivity index (χ0) is 24.7. The molecule has 0 unspecified atom stereocenters. The molecule has 0 aliphatic heterocycles. The van der Waals surface area contributed by atoms with Crippen LogP contribution in [-0.4, -0.2) is 33.6 Å². The van der Waals surface area contributed by atoms with Crippen LogP contribution in [0.2, 0.25) is 0 Å². The smallest absolute Gasteiger partial charge is 0.416 e. The number of benzene rings is 1. The SMILES string of the molecule is CN(C)c1ccc(-c2nc(-n3ccc4cccnc4c3=O)c(-c3ccc(C(F)(F)F)cc3)o2)cn1. The first kappa shape index (κ1) is 22.3. The first-order valence-corrected chi connectivity index (χ1v) is 10.5. The minimum atomic E-state index is -4.48. The third-order valence-electron chi connectivity index (χ3n) is 5.43. The van der Waals surface area contributed by atoms with Crippen LogP contribution in [0.25, 0.3) is 39.5 Å². The van der Waals surface area contributed by atoms with Crippen molar-refractivity contribution in [2.24, 2.45) is 0 Å². The highest BCUT2D eigenvalue weighted by Gasteiger charge is 2.30. The van der Waals surface area contributed by atoms with Gasteiger partial charge >= 0.3 is 6.18 Å². The molecule has 0 bridgehead atoms. The maximum atomic E-state index is 13.2. The predicted octanol–water partition coefficient (Wildman–Crippen LogP) is 5.19. The van der Waals surface area contributed by atoms with E-state index in [4.69, 9.17) is 4.42 Å². The van der Waals surface area contributed by atoms with Gasteiger partial charge in [-0.1, -0.05) is 18.2 Å². The molecule has 0 amide bonds. The normalized spacial score (nSPS) is 11.7. The van der Waals surface area contributed by atoms with Crippen LogP contribution >= 0.6 is 0 Å². The fraction of sp³-hybridized carbons (Fsp3) is 0.120. The number of fused-ring (bicyclic) bond motifs is 1. The standard InChI is InChI=1S/C25H18F3N5O2/c1-32(2)19-10-7-17(14-30-19)23-31-22(33-13-11-15-4-3-12-29-20(15)24(33)34)21(35-23)16-5-8-18(9-6-16)25(26,27)28/h3-14H,1-2H3. The number of nitrogens with zero attached hydrogens (tertiary/aromatic N) is 5. The van der Waals surface area contributed by atoms with Crippen LogP contribution < -0.4 is 10.5 Å². The molecule has 0 N–H and O–H groups in total. The number of alkyl halides is 3. The number of aromatic nitrogens is 4. The van der Waals surface area contributed by atoms with Gasteiger partial charge in [0.2, 0.25) is 5.89 Å². The molecule has 176 valence electrons. The van der Waals surface area contributed by atoms with E-state index in [2.05, 4.69) is 15.0 Å². The van der Waals surface area contributed by atoms with Gasteiger partial charge in [-0.25, -0.2) is 4.98 Å². The number of hydrogen-bond donors (Lipinski definition) is 0. The van der Waals surface area contributed by atoms with Crippen molar-refractivity contribution >= 4 is 16.7 Å². The van der Waals surface area contributed by atoms with Crippen molar-refractivity contribution < 1.29 is 17.6 Å². The molecule has 0 radical (unpaired) electrons. The zero-order valence-electron chi connectivity index (χ0n) is 18.6. The summed E-state index contributed by atoms with van der Waals surface area (Å²) in [5.74, 6) is 1.16. The van der Waals surface area contributed by atoms with Crippen molar-refractivity contribution in [2.75, 3.05) is 19.0 Å². The van der Waals surface area contributed by atoms with Crippen LogP contribution in [0.4, 0.5) is 19.0 Å². The molecule has 0 saturated heterocycles. The van der Waals surface area contributed by atoms with E-state index in [0.717, 1.165) is 18.0 Å². The second kappa shape index (κ2) is 8.39. The van der Waals surface area contributed by atoms with E-state index in [1.54, 1.807) is 36.5 Å². The highest BCUT2D eigenvalue weighted by Crippen LogP contribution is 2.35. The number of anilines is 1. The van der Waals surface area contributed by atoms with E-state index in [-0.39, 0.29) is 23.0 Å². The molecule has 0 aliphatic carbocycles. The molecule has 35 heavy (non-hydrogen) atoms. The van der Waals surface area contributed by atoms with Crippen LogP contribution in [0.1, 0.15) is 5.56 Å². The van der Waals surface area contributed by atoms with Gasteiger partial charge in [0.05, 0.1) is 11.1 Å². The summed E-state index contributed by atoms with van der Waals surface area (Å²) in [4.78, 5) is 28.1. The van der Waals surface area contributed by atoms with Gasteiger partial charge in [-0.3, -0.25) is 14.3 Å². The third-order valence-corrected chi connectivity index (χ3v) is 5.43. The molecule has 0 saturated carbocycles. The van der Waals surface area contributed by atoms with E-state index < -0.39 is 17.3 Å². The Morgan fingerprint density at radius 1 is 0.943 bits per heavy atom. The van der Waals surface area contributed by atoms with Gasteiger partial charge in [0.15, 0.2) is 11.6 Å². The van der Waals surface area contributed by atoms with Crippen LogP contribution in [0.5, 0.6) is 0 Å². The van der Waals surface area contributed by atoms with Crippen molar-refractivity contribution in [3.8, 4) is 28.6 Å². The molecule has 0 aliphatic rings. The van der Waals surface area contributed by atoms with E-state index in [1.165, 1.54) is 29.1 Å². The summed E-state index contributed by atoms with van der Waals surface area (Å²) in [6, 6.07) is 13.2. The molecule has 4 heterocycles. The van der Waals surface area contributed by atoms with Gasteiger partial charge in [-0.05, 0) is 36.4 Å². The summed E-state index contributed by atoms with van der Waals surface area (Å²) in [5, 5.41) is 0.650. The molecule has 1 aromatic carbocycles. The molecule has 4 aromatic heterocycles. The number of hydrogen-bond acceptors (Lipinski definition) is 6. The summed E-state index contributed by atoms with van der Waals surface area (Å²) in [5.41, 5.74) is -0.121. The quantitative estimate of drug-likeness (QED) is 0.355. The average molecular weight is 477 g/mol. The Balaban J connectivity index is 1.69. The highest BCUT2D eigenvalue weighted by molar-refractivity contribution is 5.78. The van der Waals surface area contributed by atoms with Gasteiger partial charge in [-0.15, -0.1) is 0 Å². The molecule has 10 heteroatoms. The number of halogens is 3. The molecular formula is C25H18F3N5O2. The summed E-state index contributed by atoms with van der Waals surface area (Å²) in [6.07, 6.45) is 0.146. The molecule has 5 aromatic rings. The van der Waals surface area contributed by atoms with E-state index in [1.807, 2.05) is 19.0 Å². The fourth-order valence-corrected chi connectivity index (χ4v) is 3.61. The van der Waals surface area contributed by atoms with Crippen molar-refractivity contribution in [1.82, 2.24) is 19.5 Å². The Labute approximate surface area is 197 Å². The summed E-state index contributed by atoms with van der Waals surface area (Å²) >= 11 is 0. The molecule has 0 fully saturated rings. The van der Waals surface area contributed by atoms with Gasteiger partial charge in [0.1, 0.15) is 11.3 Å². The summed E-state index contributed by atoms with van der Waals surface area (Å²) in [7, 11) is 3.71. The van der Waals surface area contributed by atoms with Gasteiger partial charge in [0.25, 0.3) is 5.56 Å². The first-order chi connectivity index (χ1) is 16.7. The third kappa shape index (κ3) is 4.14. The summed E-state index contributed by atoms with van der Waals surface area (Å²) < 4.78 is 46.5. The van der Waals surface area contributed by atoms with E-state index >= 15 is 0 Å². The van der Waals surface area contributed by atoms with Crippen LogP contribution in [0.3, 0.4) is 0 Å². The van der Waals surface area contributed by atoms with Crippen molar-refractivity contribution in [2.45, 2.75) is 6.18 Å². The van der Waals surface area contributed by atoms with Crippen molar-refractivity contribution in [3.05, 3.63) is 89.1 Å². The van der Waals surface area contributed by atoms with Gasteiger partial charge in [-0.2, -0.15) is 18.2 Å². The van der Waals surface area contributed by atoms with Crippen LogP contribution in [0, 0.1) is 0 Å². The van der Waals surface area contributed by atoms with Crippen LogP contribution in [0.15, 0.2) is 82.4 Å². The molecule has 0 spiro atoms. The monoisotopic (exact) mass is 477 g/mol. The second-order valence-corrected chi connectivity index (χ2v) is 7.98. The number of oxazole rings is 1. The highest BCUT2D eigenvalue weighted by atomic mass is 19.4. The van der Waals surface area contributed by atoms with Crippen molar-refractivity contribution in [3.63, 3.8) is 0 Å². The fourth-order valence-electron chi connectivity index (χ4n) is 3.61. The maximum absolute atomic E-state index is 13.2. The zero-order valence-corrected chi connectivity index (χ0v) is 18.6. The first-order valence-electron chi connectivity index (χ1n) is 10.5. The minimum absolute atomic E-state index is 0.133. The van der Waals surface area contributed by atoms with E-state index in [9.17, 15) is 18.0 Å². The van der Waals surface area contributed by atoms with Crippen LogP contribution in [-0.2, 0) is 6.18 Å². The van der Waals surface area contributed by atoms with E-state index in [0.29, 0.717) is 16.5 Å². The predicted molar refractivity (Wildman–Crippen MR) is 125 cm³/mol. The summed E-state index contributed by atoms with van der Waals surface area (Å²) in [6.45, 7) is 0. The number of rotatable bonds is 4. The number of pyridine rings is 3. The van der Waals surface area contributed by atoms with Crippen molar-refractivity contribution in [1.29, 1.82) is 0 Å². The van der Waals surface area contributed by atoms with Gasteiger partial charge in [0, 0.05) is 43.6 Å². The lowest BCUT2D eigenvalue weighted by atomic mass is 10.1. The lowest BCUT2D eigenvalue weighted by molar-refractivity contribution is -0.137. The lowest BCUT2D eigenvalue weighted by Crippen LogP contribution is -2.19. The largest absolute Gasteiger partial charge is 0.434 e. The topological polar surface area (TPSA) is 77.0 Å². The Hall–Kier alpha value is -4.47. The Morgan fingerprint density at radius 3 is 2.34 bits per heavy atom. The Morgan fingerprint density at radius 2 is 1.69 bits per heavy atom. The Bertz CT molecular complexity index is 1570. The minimum Gasteiger partial charge on any atom is -0.434 e. The molecular weight excluding hydrogens is 459 g/mol. The Kier molecular flexibility index (Phi) is 5.35. The maximum Gasteiger partial charge on any atom is 0.416 e. The lowest BCUT2D eigenvalue weighted by Gasteiger charge is -2.10. The van der Waals surface area contributed by atoms with Gasteiger partial charge < -0.3 is 9.32 Å². The molecule has 7 nitrogen and oxygen atoms in total. The average Bonchev–Trinajstić information content (AvgIpc) is 3.29. The second-order valence-electron chi connectivity index (χ2n) is 7.98.